The van der Waals surface area contributed by atoms with Gasteiger partial charge in [0.15, 0.2) is 0 Å². The molecule has 3 heterocycles. The van der Waals surface area contributed by atoms with Crippen LogP contribution in [0.4, 0.5) is 10.8 Å². The zero-order valence-corrected chi connectivity index (χ0v) is 20.1. The quantitative estimate of drug-likeness (QED) is 0.382. The number of nitrogens with zero attached hydrogens (tertiary/aromatic N) is 3. The Kier molecular flexibility index (Phi) is 5.84. The lowest BCUT2D eigenvalue weighted by molar-refractivity contribution is 0.415. The number of thiazole rings is 1. The third kappa shape index (κ3) is 4.68. The highest BCUT2D eigenvalue weighted by molar-refractivity contribution is 7.92. The molecule has 34 heavy (non-hydrogen) atoms. The van der Waals surface area contributed by atoms with Gasteiger partial charge in [-0.3, -0.25) is 4.72 Å². The minimum Gasteiger partial charge on any atom is -0.497 e. The average Bonchev–Trinajstić information content (AvgIpc) is 3.58. The maximum Gasteiger partial charge on any atom is 0.229 e. The maximum atomic E-state index is 11.4. The van der Waals surface area contributed by atoms with Crippen LogP contribution in [0, 0.1) is 0 Å². The fraction of sp³-hybridized carbons (Fsp3) is 0.167. The van der Waals surface area contributed by atoms with E-state index in [-0.39, 0.29) is 6.04 Å². The number of methoxy groups -OCH3 is 1. The van der Waals surface area contributed by atoms with Crippen LogP contribution in [0.25, 0.3) is 11.3 Å². The Morgan fingerprint density at radius 1 is 1.09 bits per heavy atom. The molecular formula is C24H22N4O4S2. The number of hydrogen-bond acceptors (Lipinski definition) is 8. The SMILES string of the molecule is COc1ccc(C2=NN(c3nc(-c4ccc(NS(C)(=O)=O)cc4)cs3)C(c3ccco3)C2)cc1. The summed E-state index contributed by atoms with van der Waals surface area (Å²) in [5.74, 6) is 1.62. The Labute approximate surface area is 201 Å². The van der Waals surface area contributed by atoms with Gasteiger partial charge in [0, 0.05) is 23.1 Å². The van der Waals surface area contributed by atoms with Crippen molar-refractivity contribution in [3.05, 3.63) is 83.6 Å². The Hall–Kier alpha value is -3.63. The number of aromatic nitrogens is 1. The van der Waals surface area contributed by atoms with Crippen LogP contribution in [0.5, 0.6) is 5.75 Å². The first-order valence-corrected chi connectivity index (χ1v) is 13.2. The van der Waals surface area contributed by atoms with Crippen molar-refractivity contribution in [2.75, 3.05) is 23.1 Å². The molecule has 0 aliphatic carbocycles. The van der Waals surface area contributed by atoms with Gasteiger partial charge in [-0.05, 0) is 54.1 Å². The zero-order valence-electron chi connectivity index (χ0n) is 18.5. The number of ether oxygens (including phenoxy) is 1. The molecule has 0 fully saturated rings. The standard InChI is InChI=1S/C24H22N4O4S2/c1-31-19-11-7-16(8-12-19)20-14-22(23-4-3-13-32-23)28(26-20)24-25-21(15-33-24)17-5-9-18(10-6-17)27-34(2,29)30/h3-13,15,22,27H,14H2,1-2H3. The number of anilines is 2. The van der Waals surface area contributed by atoms with Crippen molar-refractivity contribution in [3.63, 3.8) is 0 Å². The number of hydrazone groups is 1. The molecule has 2 aromatic heterocycles. The normalized spacial score (nSPS) is 15.9. The molecule has 1 N–H and O–H groups in total. The molecule has 0 saturated carbocycles. The van der Waals surface area contributed by atoms with E-state index in [0.29, 0.717) is 12.1 Å². The van der Waals surface area contributed by atoms with Crippen molar-refractivity contribution in [1.82, 2.24) is 4.98 Å². The van der Waals surface area contributed by atoms with E-state index in [1.165, 1.54) is 11.3 Å². The molecule has 8 nitrogen and oxygen atoms in total. The number of rotatable bonds is 7. The fourth-order valence-electron chi connectivity index (χ4n) is 3.77. The first kappa shape index (κ1) is 22.2. The number of nitrogens with one attached hydrogen (secondary N) is 1. The summed E-state index contributed by atoms with van der Waals surface area (Å²) in [6.45, 7) is 0. The Morgan fingerprint density at radius 3 is 2.47 bits per heavy atom. The van der Waals surface area contributed by atoms with Crippen LogP contribution in [0.3, 0.4) is 0 Å². The largest absolute Gasteiger partial charge is 0.497 e. The van der Waals surface area contributed by atoms with Crippen molar-refractivity contribution in [2.24, 2.45) is 5.10 Å². The molecule has 1 atom stereocenters. The van der Waals surface area contributed by atoms with E-state index in [2.05, 4.69) is 4.72 Å². The lowest BCUT2D eigenvalue weighted by Crippen LogP contribution is -2.17. The van der Waals surface area contributed by atoms with Crippen LogP contribution in [0.15, 0.2) is 81.8 Å². The second-order valence-corrected chi connectivity index (χ2v) is 10.4. The lowest BCUT2D eigenvalue weighted by atomic mass is 10.0. The summed E-state index contributed by atoms with van der Waals surface area (Å²) >= 11 is 1.49. The zero-order chi connectivity index (χ0) is 23.7. The second-order valence-electron chi connectivity index (χ2n) is 7.82. The molecule has 0 bridgehead atoms. The van der Waals surface area contributed by atoms with Gasteiger partial charge in [0.25, 0.3) is 0 Å². The molecule has 1 aliphatic rings. The van der Waals surface area contributed by atoms with Gasteiger partial charge in [-0.15, -0.1) is 11.3 Å². The van der Waals surface area contributed by atoms with E-state index in [4.69, 9.17) is 19.2 Å². The number of benzene rings is 2. The second kappa shape index (κ2) is 8.96. The summed E-state index contributed by atoms with van der Waals surface area (Å²) in [4.78, 5) is 4.82. The monoisotopic (exact) mass is 494 g/mol. The van der Waals surface area contributed by atoms with Crippen LogP contribution >= 0.6 is 11.3 Å². The topological polar surface area (TPSA) is 97.0 Å². The first-order valence-electron chi connectivity index (χ1n) is 10.5. The molecule has 1 aliphatic heterocycles. The Morgan fingerprint density at radius 2 is 1.82 bits per heavy atom. The molecule has 0 amide bonds. The highest BCUT2D eigenvalue weighted by Crippen LogP contribution is 2.39. The predicted molar refractivity (Wildman–Crippen MR) is 134 cm³/mol. The van der Waals surface area contributed by atoms with E-state index in [1.54, 1.807) is 25.5 Å². The molecule has 0 saturated heterocycles. The molecule has 0 spiro atoms. The van der Waals surface area contributed by atoms with Gasteiger partial charge in [-0.1, -0.05) is 12.1 Å². The Balaban J connectivity index is 1.44. The minimum absolute atomic E-state index is 0.104. The van der Waals surface area contributed by atoms with Crippen LogP contribution in [0.2, 0.25) is 0 Å². The highest BCUT2D eigenvalue weighted by atomic mass is 32.2. The van der Waals surface area contributed by atoms with E-state index in [9.17, 15) is 8.42 Å². The van der Waals surface area contributed by atoms with Gasteiger partial charge in [0.2, 0.25) is 15.2 Å². The first-order chi connectivity index (χ1) is 16.4. The van der Waals surface area contributed by atoms with Crippen molar-refractivity contribution < 1.29 is 17.6 Å². The summed E-state index contributed by atoms with van der Waals surface area (Å²) in [6.07, 6.45) is 3.47. The van der Waals surface area contributed by atoms with E-state index in [1.807, 2.05) is 58.9 Å². The number of furan rings is 1. The molecular weight excluding hydrogens is 472 g/mol. The highest BCUT2D eigenvalue weighted by Gasteiger charge is 2.33. The van der Waals surface area contributed by atoms with Crippen LogP contribution < -0.4 is 14.5 Å². The molecule has 174 valence electrons. The average molecular weight is 495 g/mol. The summed E-state index contributed by atoms with van der Waals surface area (Å²) < 4.78 is 36.3. The van der Waals surface area contributed by atoms with Gasteiger partial charge in [-0.2, -0.15) is 5.10 Å². The maximum absolute atomic E-state index is 11.4. The van der Waals surface area contributed by atoms with Gasteiger partial charge >= 0.3 is 0 Å². The summed E-state index contributed by atoms with van der Waals surface area (Å²) in [5.41, 5.74) is 4.14. The van der Waals surface area contributed by atoms with Crippen molar-refractivity contribution >= 4 is 37.9 Å². The fourth-order valence-corrected chi connectivity index (χ4v) is 5.17. The summed E-state index contributed by atoms with van der Waals surface area (Å²) in [6, 6.07) is 18.7. The van der Waals surface area contributed by atoms with Crippen LogP contribution in [-0.2, 0) is 10.0 Å². The van der Waals surface area contributed by atoms with Crippen molar-refractivity contribution in [3.8, 4) is 17.0 Å². The minimum atomic E-state index is -3.32. The molecule has 4 aromatic rings. The van der Waals surface area contributed by atoms with E-state index in [0.717, 1.165) is 45.4 Å². The van der Waals surface area contributed by atoms with E-state index < -0.39 is 10.0 Å². The van der Waals surface area contributed by atoms with Crippen molar-refractivity contribution in [2.45, 2.75) is 12.5 Å². The Bertz CT molecular complexity index is 1410. The van der Waals surface area contributed by atoms with Gasteiger partial charge in [-0.25, -0.2) is 18.4 Å². The van der Waals surface area contributed by atoms with Gasteiger partial charge < -0.3 is 9.15 Å². The third-order valence-electron chi connectivity index (χ3n) is 5.38. The van der Waals surface area contributed by atoms with Gasteiger partial charge in [0.05, 0.1) is 31.0 Å². The molecule has 10 heteroatoms. The summed E-state index contributed by atoms with van der Waals surface area (Å²) in [5, 5.41) is 9.53. The van der Waals surface area contributed by atoms with Crippen LogP contribution in [0.1, 0.15) is 23.8 Å². The number of sulfonamides is 1. The third-order valence-corrected chi connectivity index (χ3v) is 6.81. The lowest BCUT2D eigenvalue weighted by Gasteiger charge is -2.18. The van der Waals surface area contributed by atoms with Gasteiger partial charge in [0.1, 0.15) is 17.6 Å². The molecule has 2 aromatic carbocycles. The summed E-state index contributed by atoms with van der Waals surface area (Å²) in [7, 11) is -1.68. The van der Waals surface area contributed by atoms with Crippen LogP contribution in [-0.4, -0.2) is 32.5 Å². The predicted octanol–water partition coefficient (Wildman–Crippen LogP) is 5.14. The molecule has 1 unspecified atom stereocenters. The number of hydrogen-bond donors (Lipinski definition) is 1. The molecule has 5 rings (SSSR count). The van der Waals surface area contributed by atoms with E-state index >= 15 is 0 Å². The smallest absolute Gasteiger partial charge is 0.229 e. The molecule has 0 radical (unpaired) electrons. The van der Waals surface area contributed by atoms with Crippen molar-refractivity contribution in [1.29, 1.82) is 0 Å².